The molecule has 3 rings (SSSR count). The van der Waals surface area contributed by atoms with Gasteiger partial charge >= 0.3 is 0 Å². The Hall–Kier alpha value is -1.64. The highest BCUT2D eigenvalue weighted by Gasteiger charge is 2.06. The van der Waals surface area contributed by atoms with Crippen LogP contribution in [0.25, 0.3) is 21.5 Å². The molecule has 2 heteroatoms. The first-order chi connectivity index (χ1) is 9.28. The highest BCUT2D eigenvalue weighted by Crippen LogP contribution is 2.26. The molecule has 0 fully saturated rings. The van der Waals surface area contributed by atoms with Gasteiger partial charge in [-0.2, -0.15) is 0 Å². The highest BCUT2D eigenvalue weighted by atomic mass is 28.2. The molecule has 1 nitrogen and oxygen atoms in total. The summed E-state index contributed by atoms with van der Waals surface area (Å²) in [6.45, 7) is 2.06. The topological polar surface area (TPSA) is 9.23 Å². The summed E-state index contributed by atoms with van der Waals surface area (Å²) in [7, 11) is 3.12. The van der Waals surface area contributed by atoms with E-state index in [4.69, 9.17) is 4.43 Å². The predicted octanol–water partition coefficient (Wildman–Crippen LogP) is 4.02. The Morgan fingerprint density at radius 1 is 0.947 bits per heavy atom. The summed E-state index contributed by atoms with van der Waals surface area (Å²) in [5, 5.41) is 5.18. The van der Waals surface area contributed by atoms with Gasteiger partial charge in [-0.1, -0.05) is 42.5 Å². The minimum atomic E-state index is 0.161. The molecule has 3 radical (unpaired) electrons. The normalized spacial score (nSPS) is 12.9. The van der Waals surface area contributed by atoms with Crippen molar-refractivity contribution >= 4 is 32.0 Å². The van der Waals surface area contributed by atoms with Crippen molar-refractivity contribution < 1.29 is 4.43 Å². The van der Waals surface area contributed by atoms with Crippen molar-refractivity contribution in [3.63, 3.8) is 0 Å². The Morgan fingerprint density at radius 3 is 2.37 bits per heavy atom. The van der Waals surface area contributed by atoms with Crippen LogP contribution < -0.4 is 0 Å². The zero-order valence-corrected chi connectivity index (χ0v) is 11.9. The Labute approximate surface area is 116 Å². The van der Waals surface area contributed by atoms with Gasteiger partial charge in [-0.25, -0.2) is 0 Å². The van der Waals surface area contributed by atoms with E-state index in [1.165, 1.54) is 27.1 Å². The molecule has 93 valence electrons. The summed E-state index contributed by atoms with van der Waals surface area (Å²) in [5.74, 6) is 0. The number of benzene rings is 3. The van der Waals surface area contributed by atoms with Crippen LogP contribution >= 0.6 is 0 Å². The van der Waals surface area contributed by atoms with Gasteiger partial charge in [-0.15, -0.1) is 0 Å². The molecule has 0 aliphatic heterocycles. The predicted molar refractivity (Wildman–Crippen MR) is 81.5 cm³/mol. The van der Waals surface area contributed by atoms with Gasteiger partial charge in [0.15, 0.2) is 0 Å². The van der Waals surface area contributed by atoms with Crippen molar-refractivity contribution in [1.29, 1.82) is 0 Å². The molecule has 0 heterocycles. The van der Waals surface area contributed by atoms with Crippen LogP contribution in [0.5, 0.6) is 0 Å². The number of fused-ring (bicyclic) bond motifs is 2. The molecule has 1 atom stereocenters. The maximum Gasteiger partial charge on any atom is 0.246 e. The smallest absolute Gasteiger partial charge is 0.246 e. The second-order valence-corrected chi connectivity index (χ2v) is 5.21. The molecule has 0 aliphatic rings. The summed E-state index contributed by atoms with van der Waals surface area (Å²) < 4.78 is 5.20. The third kappa shape index (κ3) is 2.42. The van der Waals surface area contributed by atoms with E-state index in [-0.39, 0.29) is 6.10 Å². The van der Waals surface area contributed by atoms with Crippen LogP contribution in [-0.2, 0) is 10.8 Å². The lowest BCUT2D eigenvalue weighted by atomic mass is 9.97. The van der Waals surface area contributed by atoms with Gasteiger partial charge in [-0.3, -0.25) is 0 Å². The van der Waals surface area contributed by atoms with Crippen LogP contribution in [0, 0.1) is 0 Å². The molecule has 19 heavy (non-hydrogen) atoms. The Morgan fingerprint density at radius 2 is 1.63 bits per heavy atom. The maximum absolute atomic E-state index is 5.20. The van der Waals surface area contributed by atoms with E-state index in [1.807, 2.05) is 0 Å². The summed E-state index contributed by atoms with van der Waals surface area (Å²) in [6.07, 6.45) is 1.06. The molecule has 0 aromatic heterocycles. The van der Waals surface area contributed by atoms with Crippen LogP contribution in [-0.4, -0.2) is 16.6 Å². The van der Waals surface area contributed by atoms with Crippen molar-refractivity contribution in [1.82, 2.24) is 0 Å². The fraction of sp³-hybridized carbons (Fsp3) is 0.176. The fourth-order valence-electron chi connectivity index (χ4n) is 2.56. The zero-order chi connectivity index (χ0) is 13.2. The number of hydrogen-bond acceptors (Lipinski definition) is 1. The second kappa shape index (κ2) is 5.15. The van der Waals surface area contributed by atoms with Crippen molar-refractivity contribution in [2.45, 2.75) is 19.4 Å². The summed E-state index contributed by atoms with van der Waals surface area (Å²) in [5.41, 5.74) is 1.33. The minimum Gasteiger partial charge on any atom is -0.416 e. The van der Waals surface area contributed by atoms with Crippen LogP contribution in [0.1, 0.15) is 12.5 Å². The van der Waals surface area contributed by atoms with E-state index in [0.717, 1.165) is 6.42 Å². The average molecular weight is 263 g/mol. The standard InChI is InChI=1S/C17H15OSi/c1-12(18-19)9-15-7-4-8-16-10-13-5-2-3-6-14(13)11-17(15)16/h2-8,10-12H,9H2,1H3. The summed E-state index contributed by atoms with van der Waals surface area (Å²) in [6, 6.07) is 19.5. The van der Waals surface area contributed by atoms with Gasteiger partial charge in [0.05, 0.1) is 0 Å². The van der Waals surface area contributed by atoms with Gasteiger partial charge in [0, 0.05) is 6.10 Å². The monoisotopic (exact) mass is 263 g/mol. The van der Waals surface area contributed by atoms with Crippen LogP contribution in [0.2, 0.25) is 0 Å². The number of hydrogen-bond donors (Lipinski definition) is 0. The number of rotatable bonds is 3. The lowest BCUT2D eigenvalue weighted by Gasteiger charge is -2.12. The lowest BCUT2D eigenvalue weighted by molar-refractivity contribution is 0.245. The lowest BCUT2D eigenvalue weighted by Crippen LogP contribution is -2.09. The molecule has 1 unspecified atom stereocenters. The second-order valence-electron chi connectivity index (χ2n) is 4.97. The van der Waals surface area contributed by atoms with Gasteiger partial charge < -0.3 is 4.43 Å². The first-order valence-corrected chi connectivity index (χ1v) is 6.91. The summed E-state index contributed by atoms with van der Waals surface area (Å²) in [4.78, 5) is 0. The zero-order valence-electron chi connectivity index (χ0n) is 10.9. The van der Waals surface area contributed by atoms with E-state index in [1.54, 1.807) is 0 Å². The van der Waals surface area contributed by atoms with Crippen LogP contribution in [0.4, 0.5) is 0 Å². The van der Waals surface area contributed by atoms with E-state index in [9.17, 15) is 0 Å². The first-order valence-electron chi connectivity index (χ1n) is 6.51. The third-order valence-corrected chi connectivity index (χ3v) is 3.95. The van der Waals surface area contributed by atoms with Gasteiger partial charge in [0.25, 0.3) is 0 Å². The molecule has 0 amide bonds. The Bertz CT molecular complexity index is 721. The molecule has 0 bridgehead atoms. The largest absolute Gasteiger partial charge is 0.416 e. The Balaban J connectivity index is 2.20. The van der Waals surface area contributed by atoms with Gasteiger partial charge in [-0.05, 0) is 52.6 Å². The van der Waals surface area contributed by atoms with E-state index < -0.39 is 0 Å². The highest BCUT2D eigenvalue weighted by molar-refractivity contribution is 6.00. The molecule has 3 aromatic carbocycles. The van der Waals surface area contributed by atoms with E-state index in [2.05, 4.69) is 72.0 Å². The maximum atomic E-state index is 5.20. The van der Waals surface area contributed by atoms with Crippen LogP contribution in [0.15, 0.2) is 54.6 Å². The fourth-order valence-corrected chi connectivity index (χ4v) is 2.64. The average Bonchev–Trinajstić information content (AvgIpc) is 2.45. The molecular formula is C17H15OSi. The van der Waals surface area contributed by atoms with Crippen molar-refractivity contribution in [2.24, 2.45) is 0 Å². The van der Waals surface area contributed by atoms with Crippen molar-refractivity contribution in [2.75, 3.05) is 0 Å². The van der Waals surface area contributed by atoms with Gasteiger partial charge in [0.1, 0.15) is 0 Å². The molecule has 0 N–H and O–H groups in total. The summed E-state index contributed by atoms with van der Waals surface area (Å²) >= 11 is 0. The molecule has 0 saturated heterocycles. The van der Waals surface area contributed by atoms with Crippen molar-refractivity contribution in [3.8, 4) is 0 Å². The first kappa shape index (κ1) is 12.4. The third-order valence-electron chi connectivity index (χ3n) is 3.55. The van der Waals surface area contributed by atoms with E-state index >= 15 is 0 Å². The minimum absolute atomic E-state index is 0.161. The van der Waals surface area contributed by atoms with E-state index in [0.29, 0.717) is 0 Å². The molecule has 0 aliphatic carbocycles. The van der Waals surface area contributed by atoms with Crippen LogP contribution in [0.3, 0.4) is 0 Å². The molecular weight excluding hydrogens is 248 g/mol. The van der Waals surface area contributed by atoms with Crippen molar-refractivity contribution in [3.05, 3.63) is 60.2 Å². The molecule has 0 spiro atoms. The Kier molecular flexibility index (Phi) is 3.36. The molecule has 3 aromatic rings. The van der Waals surface area contributed by atoms with Gasteiger partial charge in [0.2, 0.25) is 10.5 Å². The molecule has 0 saturated carbocycles. The SMILES string of the molecule is CC(Cc1cccc2cc3ccccc3cc12)O[Si]. The quantitative estimate of drug-likeness (QED) is 0.512.